The summed E-state index contributed by atoms with van der Waals surface area (Å²) in [6, 6.07) is 16.2. The quantitative estimate of drug-likeness (QED) is 0.318. The van der Waals surface area contributed by atoms with Crippen molar-refractivity contribution in [2.45, 2.75) is 19.0 Å². The number of hydrogen-bond donors (Lipinski definition) is 2. The number of hydrogen-bond acceptors (Lipinski definition) is 7. The van der Waals surface area contributed by atoms with Crippen LogP contribution in [0.15, 0.2) is 93.2 Å². The second-order valence-corrected chi connectivity index (χ2v) is 9.43. The van der Waals surface area contributed by atoms with Crippen LogP contribution in [0.3, 0.4) is 0 Å². The fraction of sp³-hybridized carbons (Fsp3) is 0.179. The third-order valence-corrected chi connectivity index (χ3v) is 6.94. The van der Waals surface area contributed by atoms with Crippen molar-refractivity contribution in [3.63, 3.8) is 0 Å². The van der Waals surface area contributed by atoms with E-state index in [2.05, 4.69) is 16.7 Å². The predicted molar refractivity (Wildman–Crippen MR) is 140 cm³/mol. The van der Waals surface area contributed by atoms with Gasteiger partial charge < -0.3 is 19.8 Å². The van der Waals surface area contributed by atoms with Gasteiger partial charge in [0, 0.05) is 16.9 Å². The van der Waals surface area contributed by atoms with Crippen molar-refractivity contribution in [3.05, 3.63) is 106 Å². The first-order valence-electron chi connectivity index (χ1n) is 11.6. The van der Waals surface area contributed by atoms with E-state index >= 15 is 0 Å². The van der Waals surface area contributed by atoms with Crippen molar-refractivity contribution in [1.82, 2.24) is 5.32 Å². The fourth-order valence-corrected chi connectivity index (χ4v) is 5.02. The molecule has 1 aliphatic rings. The summed E-state index contributed by atoms with van der Waals surface area (Å²) in [4.78, 5) is 26.2. The molecule has 11 heteroatoms. The molecular weight excluding hydrogens is 531 g/mol. The van der Waals surface area contributed by atoms with Crippen LogP contribution >= 0.6 is 11.8 Å². The number of nitriles is 1. The molecular formula is C28H22F3N3O4S. The Labute approximate surface area is 226 Å². The first-order valence-corrected chi connectivity index (χ1v) is 12.5. The minimum atomic E-state index is -4.58. The van der Waals surface area contributed by atoms with Crippen molar-refractivity contribution in [2.75, 3.05) is 18.2 Å². The number of carbonyl (C=O) groups is 2. The molecule has 1 aliphatic heterocycles. The number of carbonyl (C=O) groups excluding carboxylic acids is 2. The van der Waals surface area contributed by atoms with Gasteiger partial charge in [-0.1, -0.05) is 17.8 Å². The third-order valence-electron chi connectivity index (χ3n) is 5.93. The molecule has 0 saturated heterocycles. The molecule has 1 amide bonds. The topological polar surface area (TPSA) is 104 Å². The Hall–Kier alpha value is -4.43. The van der Waals surface area contributed by atoms with Gasteiger partial charge >= 0.3 is 6.18 Å². The number of alkyl halides is 3. The fourth-order valence-electron chi connectivity index (χ4n) is 4.04. The van der Waals surface area contributed by atoms with Crippen molar-refractivity contribution < 1.29 is 31.9 Å². The number of rotatable bonds is 8. The van der Waals surface area contributed by atoms with Crippen molar-refractivity contribution >= 4 is 29.1 Å². The van der Waals surface area contributed by atoms with Crippen LogP contribution in [0.2, 0.25) is 0 Å². The molecule has 2 heterocycles. The summed E-state index contributed by atoms with van der Waals surface area (Å²) in [6.45, 7) is 1.61. The van der Waals surface area contributed by atoms with Gasteiger partial charge in [0.25, 0.3) is 5.91 Å². The number of nitrogens with zero attached hydrogens (tertiary/aromatic N) is 1. The number of benzene rings is 2. The summed E-state index contributed by atoms with van der Waals surface area (Å²) < 4.78 is 50.2. The van der Waals surface area contributed by atoms with Crippen LogP contribution in [-0.2, 0) is 11.0 Å². The minimum absolute atomic E-state index is 0.00373. The van der Waals surface area contributed by atoms with Crippen LogP contribution in [-0.4, -0.2) is 24.6 Å². The molecule has 1 aromatic heterocycles. The molecule has 0 bridgehead atoms. The smallest absolute Gasteiger partial charge is 0.416 e. The lowest BCUT2D eigenvalue weighted by molar-refractivity contribution is -0.137. The van der Waals surface area contributed by atoms with Gasteiger partial charge in [-0.2, -0.15) is 18.4 Å². The highest BCUT2D eigenvalue weighted by Gasteiger charge is 2.37. The number of ether oxygens (including phenoxy) is 1. The van der Waals surface area contributed by atoms with Gasteiger partial charge in [0.05, 0.1) is 52.9 Å². The summed E-state index contributed by atoms with van der Waals surface area (Å²) in [7, 11) is 1.52. The largest absolute Gasteiger partial charge is 0.497 e. The Morgan fingerprint density at radius 2 is 1.90 bits per heavy atom. The van der Waals surface area contributed by atoms with Crippen LogP contribution in [0.5, 0.6) is 5.75 Å². The minimum Gasteiger partial charge on any atom is -0.497 e. The van der Waals surface area contributed by atoms with Crippen molar-refractivity contribution in [3.8, 4) is 11.8 Å². The van der Waals surface area contributed by atoms with Gasteiger partial charge in [0.2, 0.25) is 0 Å². The summed E-state index contributed by atoms with van der Waals surface area (Å²) >= 11 is 1.10. The Bertz CT molecular complexity index is 1490. The molecule has 1 atom stereocenters. The van der Waals surface area contributed by atoms with Gasteiger partial charge in [0.1, 0.15) is 11.5 Å². The molecule has 2 N–H and O–H groups in total. The van der Waals surface area contributed by atoms with E-state index in [-0.39, 0.29) is 28.4 Å². The highest BCUT2D eigenvalue weighted by Crippen LogP contribution is 2.41. The van der Waals surface area contributed by atoms with Gasteiger partial charge in [0.15, 0.2) is 5.78 Å². The number of methoxy groups -OCH3 is 1. The lowest BCUT2D eigenvalue weighted by Crippen LogP contribution is -2.30. The van der Waals surface area contributed by atoms with E-state index in [9.17, 15) is 28.0 Å². The first-order chi connectivity index (χ1) is 18.6. The zero-order chi connectivity index (χ0) is 28.2. The van der Waals surface area contributed by atoms with Crippen molar-refractivity contribution in [2.24, 2.45) is 0 Å². The summed E-state index contributed by atoms with van der Waals surface area (Å²) in [5.74, 6) is -0.924. The Morgan fingerprint density at radius 3 is 2.51 bits per heavy atom. The predicted octanol–water partition coefficient (Wildman–Crippen LogP) is 6.26. The number of amides is 1. The van der Waals surface area contributed by atoms with E-state index in [0.29, 0.717) is 27.8 Å². The van der Waals surface area contributed by atoms with Gasteiger partial charge in [-0.3, -0.25) is 9.59 Å². The van der Waals surface area contributed by atoms with Crippen LogP contribution in [0.1, 0.15) is 34.5 Å². The zero-order valence-electron chi connectivity index (χ0n) is 20.8. The number of anilines is 1. The lowest BCUT2D eigenvalue weighted by atomic mass is 9.85. The molecule has 0 spiro atoms. The van der Waals surface area contributed by atoms with Crippen LogP contribution in [0.25, 0.3) is 0 Å². The number of dihydropyridines is 1. The molecule has 3 aromatic rings. The van der Waals surface area contributed by atoms with E-state index in [0.717, 1.165) is 23.9 Å². The Balaban J connectivity index is 1.61. The van der Waals surface area contributed by atoms with Crippen LogP contribution in [0, 0.1) is 11.3 Å². The highest BCUT2D eigenvalue weighted by atomic mass is 32.2. The second-order valence-electron chi connectivity index (χ2n) is 8.44. The Morgan fingerprint density at radius 1 is 1.15 bits per heavy atom. The molecule has 0 fully saturated rings. The maximum absolute atomic E-state index is 13.4. The zero-order valence-corrected chi connectivity index (χ0v) is 21.6. The van der Waals surface area contributed by atoms with Crippen molar-refractivity contribution in [1.29, 1.82) is 5.26 Å². The number of halogens is 3. The molecule has 2 aromatic carbocycles. The molecule has 0 radical (unpaired) electrons. The molecule has 39 heavy (non-hydrogen) atoms. The van der Waals surface area contributed by atoms with Gasteiger partial charge in [-0.15, -0.1) is 0 Å². The summed E-state index contributed by atoms with van der Waals surface area (Å²) in [5, 5.41) is 16.0. The maximum Gasteiger partial charge on any atom is 0.416 e. The highest BCUT2D eigenvalue weighted by molar-refractivity contribution is 8.03. The molecule has 7 nitrogen and oxygen atoms in total. The Kier molecular flexibility index (Phi) is 8.16. The number of allylic oxidation sites excluding steroid dienone is 2. The summed E-state index contributed by atoms with van der Waals surface area (Å²) in [5.41, 5.74) is 0.102. The maximum atomic E-state index is 13.4. The number of ketones is 1. The average molecular weight is 554 g/mol. The number of nitrogens with one attached hydrogen (secondary N) is 2. The SMILES string of the molecule is COc1ccc(C(=O)CSC2=C(C#N)[C@H](c3ccco3)C(C(=O)Nc3cccc(C(F)(F)F)c3)=C(C)N2)cc1. The molecule has 0 saturated carbocycles. The lowest BCUT2D eigenvalue weighted by Gasteiger charge is -2.28. The first kappa shape index (κ1) is 27.6. The standard InChI is InChI=1S/C28H22F3N3O4S/c1-16-24(26(36)34-19-6-3-5-18(13-19)28(29,30)31)25(23-7-4-12-38-23)21(14-32)27(33-16)39-15-22(35)17-8-10-20(37-2)11-9-17/h3-13,25,33H,15H2,1-2H3,(H,34,36)/t25-/m1/s1. The van der Waals surface area contributed by atoms with Crippen LogP contribution < -0.4 is 15.4 Å². The summed E-state index contributed by atoms with van der Waals surface area (Å²) in [6.07, 6.45) is -3.19. The van der Waals surface area contributed by atoms with E-state index in [1.807, 2.05) is 0 Å². The number of furan rings is 1. The second kappa shape index (κ2) is 11.5. The average Bonchev–Trinajstić information content (AvgIpc) is 3.45. The number of Topliss-reactive ketones (excluding diaryl/α,β-unsaturated/α-hetero) is 1. The molecule has 4 rings (SSSR count). The van der Waals surface area contributed by atoms with Crippen LogP contribution in [0.4, 0.5) is 18.9 Å². The van der Waals surface area contributed by atoms with Gasteiger partial charge in [-0.25, -0.2) is 0 Å². The third kappa shape index (κ3) is 6.18. The van der Waals surface area contributed by atoms with E-state index in [1.54, 1.807) is 43.3 Å². The normalized spacial score (nSPS) is 15.4. The molecule has 0 unspecified atom stereocenters. The van der Waals surface area contributed by atoms with E-state index in [1.165, 1.54) is 25.5 Å². The van der Waals surface area contributed by atoms with E-state index < -0.39 is 23.6 Å². The molecule has 0 aliphatic carbocycles. The monoisotopic (exact) mass is 553 g/mol. The molecule has 200 valence electrons. The number of thioether (sulfide) groups is 1. The van der Waals surface area contributed by atoms with E-state index in [4.69, 9.17) is 9.15 Å². The van der Waals surface area contributed by atoms with Gasteiger partial charge in [-0.05, 0) is 61.5 Å².